The number of aromatic hydroxyl groups is 1. The summed E-state index contributed by atoms with van der Waals surface area (Å²) in [6.07, 6.45) is 0. The van der Waals surface area contributed by atoms with Crippen LogP contribution in [0.3, 0.4) is 0 Å². The van der Waals surface area contributed by atoms with Gasteiger partial charge in [-0.05, 0) is 24.3 Å². The first-order valence-electron chi connectivity index (χ1n) is 7.93. The van der Waals surface area contributed by atoms with E-state index in [1.165, 1.54) is 22.7 Å². The van der Waals surface area contributed by atoms with Crippen LogP contribution in [0.5, 0.6) is 5.88 Å². The fourth-order valence-corrected chi connectivity index (χ4v) is 3.66. The maximum atomic E-state index is 13.8. The number of hydrogen-bond acceptors (Lipinski definition) is 4. The van der Waals surface area contributed by atoms with Crippen molar-refractivity contribution in [3.8, 4) is 17.1 Å². The van der Waals surface area contributed by atoms with Gasteiger partial charge < -0.3 is 5.11 Å². The van der Waals surface area contributed by atoms with Crippen LogP contribution in [0.15, 0.2) is 59.5 Å². The first-order chi connectivity index (χ1) is 13.0. The number of halogens is 3. The monoisotopic (exact) mass is 403 g/mol. The van der Waals surface area contributed by atoms with Crippen LogP contribution in [0, 0.1) is 11.6 Å². The van der Waals surface area contributed by atoms with Crippen molar-refractivity contribution in [2.45, 2.75) is 10.6 Å². The molecule has 0 bridgehead atoms. The van der Waals surface area contributed by atoms with Crippen LogP contribution < -0.4 is 0 Å². The summed E-state index contributed by atoms with van der Waals surface area (Å²) in [5.41, 5.74) is 2.37. The Balaban J connectivity index is 1.64. The van der Waals surface area contributed by atoms with Gasteiger partial charge >= 0.3 is 0 Å². The van der Waals surface area contributed by atoms with Crippen molar-refractivity contribution >= 4 is 29.0 Å². The molecule has 0 saturated carbocycles. The molecule has 1 N–H and O–H groups in total. The molecule has 0 aliphatic heterocycles. The van der Waals surface area contributed by atoms with Gasteiger partial charge in [-0.15, -0.1) is 11.8 Å². The van der Waals surface area contributed by atoms with Gasteiger partial charge in [-0.3, -0.25) is 0 Å². The van der Waals surface area contributed by atoms with E-state index >= 15 is 0 Å². The maximum absolute atomic E-state index is 13.8. The standard InChI is InChI=1S/C19H12ClF2N3OS/c20-12-4-1-3-11(7-12)15-9-17-23-13(8-18(26)25(17)24-15)10-27-16-6-2-5-14(21)19(16)22/h1-9,26H,10H2. The van der Waals surface area contributed by atoms with Crippen LogP contribution in [0.2, 0.25) is 5.02 Å². The Hall–Kier alpha value is -2.64. The minimum atomic E-state index is -0.895. The number of aromatic nitrogens is 3. The van der Waals surface area contributed by atoms with E-state index in [9.17, 15) is 13.9 Å². The zero-order chi connectivity index (χ0) is 19.0. The molecule has 4 rings (SSSR count). The Morgan fingerprint density at radius 3 is 2.70 bits per heavy atom. The van der Waals surface area contributed by atoms with E-state index in [-0.39, 0.29) is 16.5 Å². The van der Waals surface area contributed by atoms with E-state index in [0.29, 0.717) is 22.1 Å². The Kier molecular flexibility index (Phi) is 4.72. The molecule has 2 aromatic carbocycles. The predicted molar refractivity (Wildman–Crippen MR) is 101 cm³/mol. The lowest BCUT2D eigenvalue weighted by Crippen LogP contribution is -1.96. The summed E-state index contributed by atoms with van der Waals surface area (Å²) in [5, 5.41) is 15.2. The molecule has 8 heteroatoms. The normalized spacial score (nSPS) is 11.2. The molecule has 0 radical (unpaired) electrons. The molecule has 0 aliphatic carbocycles. The molecule has 4 aromatic rings. The van der Waals surface area contributed by atoms with Crippen LogP contribution in [0.4, 0.5) is 8.78 Å². The number of fused-ring (bicyclic) bond motifs is 1. The van der Waals surface area contributed by atoms with Crippen molar-refractivity contribution in [2.75, 3.05) is 0 Å². The fourth-order valence-electron chi connectivity index (χ4n) is 2.62. The molecule has 0 atom stereocenters. The smallest absolute Gasteiger partial charge is 0.215 e. The van der Waals surface area contributed by atoms with Crippen LogP contribution in [0.1, 0.15) is 5.69 Å². The van der Waals surface area contributed by atoms with E-state index in [0.717, 1.165) is 23.4 Å². The molecule has 0 fully saturated rings. The molecule has 0 aliphatic rings. The fraction of sp³-hybridized carbons (Fsp3) is 0.0526. The van der Waals surface area contributed by atoms with Crippen LogP contribution >= 0.6 is 23.4 Å². The quantitative estimate of drug-likeness (QED) is 0.468. The number of rotatable bonds is 4. The first-order valence-corrected chi connectivity index (χ1v) is 9.29. The topological polar surface area (TPSA) is 50.4 Å². The molecule has 0 saturated heterocycles. The van der Waals surface area contributed by atoms with Crippen molar-refractivity contribution in [1.82, 2.24) is 14.6 Å². The number of nitrogens with zero attached hydrogens (tertiary/aromatic N) is 3. The largest absolute Gasteiger partial charge is 0.493 e. The van der Waals surface area contributed by atoms with Crippen molar-refractivity contribution in [1.29, 1.82) is 0 Å². The van der Waals surface area contributed by atoms with Crippen molar-refractivity contribution in [2.24, 2.45) is 0 Å². The van der Waals surface area contributed by atoms with Crippen LogP contribution in [-0.4, -0.2) is 19.7 Å². The Morgan fingerprint density at radius 2 is 1.89 bits per heavy atom. The third-order valence-corrected chi connectivity index (χ3v) is 5.18. The highest BCUT2D eigenvalue weighted by Crippen LogP contribution is 2.29. The molecule has 136 valence electrons. The predicted octanol–water partition coefficient (Wildman–Crippen LogP) is 5.33. The van der Waals surface area contributed by atoms with Gasteiger partial charge in [0.2, 0.25) is 5.88 Å². The lowest BCUT2D eigenvalue weighted by atomic mass is 10.1. The highest BCUT2D eigenvalue weighted by Gasteiger charge is 2.13. The number of thioether (sulfide) groups is 1. The van der Waals surface area contributed by atoms with E-state index in [4.69, 9.17) is 11.6 Å². The summed E-state index contributed by atoms with van der Waals surface area (Å²) >= 11 is 7.11. The Morgan fingerprint density at radius 1 is 1.07 bits per heavy atom. The lowest BCUT2D eigenvalue weighted by molar-refractivity contribution is 0.434. The Bertz CT molecular complexity index is 1150. The molecule has 2 heterocycles. The first kappa shape index (κ1) is 17.8. The van der Waals surface area contributed by atoms with E-state index in [2.05, 4.69) is 10.1 Å². The number of benzene rings is 2. The summed E-state index contributed by atoms with van der Waals surface area (Å²) in [6.45, 7) is 0. The summed E-state index contributed by atoms with van der Waals surface area (Å²) in [6, 6.07) is 14.4. The zero-order valence-corrected chi connectivity index (χ0v) is 15.3. The van der Waals surface area contributed by atoms with Gasteiger partial charge in [-0.1, -0.05) is 29.8 Å². The molecule has 2 aromatic heterocycles. The third-order valence-electron chi connectivity index (χ3n) is 3.87. The molecule has 0 unspecified atom stereocenters. The summed E-state index contributed by atoms with van der Waals surface area (Å²) in [7, 11) is 0. The molecule has 27 heavy (non-hydrogen) atoms. The average molecular weight is 404 g/mol. The van der Waals surface area contributed by atoms with Gasteiger partial charge in [0.05, 0.1) is 11.4 Å². The van der Waals surface area contributed by atoms with Gasteiger partial charge in [0.15, 0.2) is 17.3 Å². The second-order valence-electron chi connectivity index (χ2n) is 5.76. The van der Waals surface area contributed by atoms with Crippen molar-refractivity contribution in [3.05, 3.63) is 76.9 Å². The van der Waals surface area contributed by atoms with Crippen molar-refractivity contribution in [3.63, 3.8) is 0 Å². The lowest BCUT2D eigenvalue weighted by Gasteiger charge is -2.05. The average Bonchev–Trinajstić information content (AvgIpc) is 3.08. The van der Waals surface area contributed by atoms with Crippen LogP contribution in [0.25, 0.3) is 16.9 Å². The maximum Gasteiger partial charge on any atom is 0.215 e. The summed E-state index contributed by atoms with van der Waals surface area (Å²) in [5.74, 6) is -1.61. The molecular formula is C19H12ClF2N3OS. The van der Waals surface area contributed by atoms with E-state index < -0.39 is 11.6 Å². The van der Waals surface area contributed by atoms with E-state index in [1.807, 2.05) is 12.1 Å². The Labute approximate surface area is 162 Å². The summed E-state index contributed by atoms with van der Waals surface area (Å²) in [4.78, 5) is 4.63. The molecule has 0 spiro atoms. The summed E-state index contributed by atoms with van der Waals surface area (Å²) < 4.78 is 28.4. The van der Waals surface area contributed by atoms with E-state index in [1.54, 1.807) is 18.2 Å². The number of hydrogen-bond donors (Lipinski definition) is 1. The second kappa shape index (κ2) is 7.17. The SMILES string of the molecule is Oc1cc(CSc2cccc(F)c2F)nc2cc(-c3cccc(Cl)c3)nn12. The second-order valence-corrected chi connectivity index (χ2v) is 7.21. The third kappa shape index (κ3) is 3.61. The minimum Gasteiger partial charge on any atom is -0.493 e. The molecule has 4 nitrogen and oxygen atoms in total. The van der Waals surface area contributed by atoms with Crippen molar-refractivity contribution < 1.29 is 13.9 Å². The van der Waals surface area contributed by atoms with Gasteiger partial charge in [-0.25, -0.2) is 13.8 Å². The van der Waals surface area contributed by atoms with Crippen LogP contribution in [-0.2, 0) is 5.75 Å². The van der Waals surface area contributed by atoms with Gasteiger partial charge in [0.25, 0.3) is 0 Å². The van der Waals surface area contributed by atoms with Gasteiger partial charge in [0, 0.05) is 33.4 Å². The highest BCUT2D eigenvalue weighted by atomic mass is 35.5. The minimum absolute atomic E-state index is 0.0939. The van der Waals surface area contributed by atoms with Gasteiger partial charge in [-0.2, -0.15) is 9.61 Å². The van der Waals surface area contributed by atoms with Gasteiger partial charge in [0.1, 0.15) is 0 Å². The zero-order valence-electron chi connectivity index (χ0n) is 13.7. The molecule has 0 amide bonds. The highest BCUT2D eigenvalue weighted by molar-refractivity contribution is 7.98. The molecular weight excluding hydrogens is 392 g/mol.